The lowest BCUT2D eigenvalue weighted by Gasteiger charge is -2.27. The van der Waals surface area contributed by atoms with Gasteiger partial charge in [-0.25, -0.2) is 9.67 Å². The number of aromatic nitrogens is 3. The van der Waals surface area contributed by atoms with E-state index < -0.39 is 0 Å². The molecule has 1 aliphatic rings. The summed E-state index contributed by atoms with van der Waals surface area (Å²) in [6.45, 7) is 3.86. The second-order valence-corrected chi connectivity index (χ2v) is 5.25. The summed E-state index contributed by atoms with van der Waals surface area (Å²) in [6, 6.07) is 0.428. The van der Waals surface area contributed by atoms with Gasteiger partial charge < -0.3 is 5.32 Å². The first kappa shape index (κ1) is 12.8. The minimum absolute atomic E-state index is 0.270. The summed E-state index contributed by atoms with van der Waals surface area (Å²) < 4.78 is 1.97. The van der Waals surface area contributed by atoms with E-state index in [1.165, 1.54) is 19.3 Å². The van der Waals surface area contributed by atoms with Gasteiger partial charge in [-0.2, -0.15) is 5.10 Å². The first-order chi connectivity index (χ1) is 8.31. The Morgan fingerprint density at radius 1 is 1.47 bits per heavy atom. The zero-order valence-corrected chi connectivity index (χ0v) is 11.2. The van der Waals surface area contributed by atoms with Crippen molar-refractivity contribution in [3.05, 3.63) is 12.2 Å². The van der Waals surface area contributed by atoms with Crippen molar-refractivity contribution in [2.75, 3.05) is 0 Å². The molecule has 0 bridgehead atoms. The Hall–Kier alpha value is -0.610. The molecule has 17 heavy (non-hydrogen) atoms. The van der Waals surface area contributed by atoms with Crippen molar-refractivity contribution in [2.45, 2.75) is 63.5 Å². The number of nitrogens with zero attached hydrogens (tertiary/aromatic N) is 3. The Kier molecular flexibility index (Phi) is 4.80. The number of nitrogens with one attached hydrogen (secondary N) is 1. The van der Waals surface area contributed by atoms with Gasteiger partial charge in [0.1, 0.15) is 12.2 Å². The fourth-order valence-corrected chi connectivity index (χ4v) is 2.73. The van der Waals surface area contributed by atoms with E-state index in [1.54, 1.807) is 6.33 Å². The molecule has 0 saturated heterocycles. The van der Waals surface area contributed by atoms with Crippen LogP contribution in [0.1, 0.15) is 44.9 Å². The Balaban J connectivity index is 1.86. The standard InChI is InChI=1S/C12H21ClN4/c1-2-7-17-12(15-9-16-17)8-14-11-6-4-3-5-10(11)13/h9-11,14H,2-8H2,1H3. The Morgan fingerprint density at radius 3 is 3.06 bits per heavy atom. The van der Waals surface area contributed by atoms with Crippen LogP contribution in [0, 0.1) is 0 Å². The normalized spacial score (nSPS) is 25.1. The van der Waals surface area contributed by atoms with Crippen LogP contribution in [0.25, 0.3) is 0 Å². The maximum Gasteiger partial charge on any atom is 0.140 e. The van der Waals surface area contributed by atoms with Crippen molar-refractivity contribution in [3.63, 3.8) is 0 Å². The Labute approximate surface area is 108 Å². The lowest BCUT2D eigenvalue weighted by molar-refractivity contribution is 0.371. The van der Waals surface area contributed by atoms with Gasteiger partial charge in [0.25, 0.3) is 0 Å². The highest BCUT2D eigenvalue weighted by molar-refractivity contribution is 6.21. The van der Waals surface area contributed by atoms with Gasteiger partial charge in [-0.05, 0) is 19.3 Å². The van der Waals surface area contributed by atoms with Gasteiger partial charge in [0.05, 0.1) is 6.54 Å². The molecule has 2 rings (SSSR count). The van der Waals surface area contributed by atoms with Gasteiger partial charge in [0.2, 0.25) is 0 Å². The van der Waals surface area contributed by atoms with E-state index in [2.05, 4.69) is 22.3 Å². The minimum Gasteiger partial charge on any atom is -0.306 e. The molecule has 0 spiro atoms. The van der Waals surface area contributed by atoms with E-state index in [9.17, 15) is 0 Å². The van der Waals surface area contributed by atoms with Crippen molar-refractivity contribution in [2.24, 2.45) is 0 Å². The van der Waals surface area contributed by atoms with Gasteiger partial charge in [-0.3, -0.25) is 0 Å². The lowest BCUT2D eigenvalue weighted by Crippen LogP contribution is -2.39. The molecular weight excluding hydrogens is 236 g/mol. The molecular formula is C12H21ClN4. The van der Waals surface area contributed by atoms with Crippen LogP contribution in [0.3, 0.4) is 0 Å². The number of alkyl halides is 1. The van der Waals surface area contributed by atoms with Crippen LogP contribution in [0.2, 0.25) is 0 Å². The number of rotatable bonds is 5. The topological polar surface area (TPSA) is 42.7 Å². The van der Waals surface area contributed by atoms with E-state index >= 15 is 0 Å². The van der Waals surface area contributed by atoms with Crippen LogP contribution < -0.4 is 5.32 Å². The van der Waals surface area contributed by atoms with Gasteiger partial charge in [0.15, 0.2) is 0 Å². The SMILES string of the molecule is CCCn1ncnc1CNC1CCCCC1Cl. The Bertz CT molecular complexity index is 339. The van der Waals surface area contributed by atoms with Crippen LogP contribution in [-0.4, -0.2) is 26.2 Å². The molecule has 0 amide bonds. The second kappa shape index (κ2) is 6.36. The van der Waals surface area contributed by atoms with Crippen molar-refractivity contribution < 1.29 is 0 Å². The second-order valence-electron chi connectivity index (χ2n) is 4.69. The van der Waals surface area contributed by atoms with Crippen molar-refractivity contribution in [1.82, 2.24) is 20.1 Å². The maximum atomic E-state index is 6.32. The molecule has 1 fully saturated rings. The van der Waals surface area contributed by atoms with Crippen molar-refractivity contribution >= 4 is 11.6 Å². The number of hydrogen-bond acceptors (Lipinski definition) is 3. The third-order valence-electron chi connectivity index (χ3n) is 3.34. The third kappa shape index (κ3) is 3.42. The van der Waals surface area contributed by atoms with Gasteiger partial charge >= 0.3 is 0 Å². The van der Waals surface area contributed by atoms with E-state index in [4.69, 9.17) is 11.6 Å². The fourth-order valence-electron chi connectivity index (χ4n) is 2.36. The molecule has 2 atom stereocenters. The summed E-state index contributed by atoms with van der Waals surface area (Å²) >= 11 is 6.32. The largest absolute Gasteiger partial charge is 0.306 e. The maximum absolute atomic E-state index is 6.32. The third-order valence-corrected chi connectivity index (χ3v) is 3.86. The first-order valence-electron chi connectivity index (χ1n) is 6.55. The summed E-state index contributed by atoms with van der Waals surface area (Å²) in [7, 11) is 0. The van der Waals surface area contributed by atoms with Crippen LogP contribution in [0.4, 0.5) is 0 Å². The molecule has 1 aromatic heterocycles. The molecule has 4 nitrogen and oxygen atoms in total. The molecule has 1 N–H and O–H groups in total. The lowest BCUT2D eigenvalue weighted by atomic mass is 9.95. The molecule has 2 unspecified atom stereocenters. The summed E-state index contributed by atoms with van der Waals surface area (Å²) in [5.41, 5.74) is 0. The first-order valence-corrected chi connectivity index (χ1v) is 6.99. The van der Waals surface area contributed by atoms with Crippen LogP contribution in [0.5, 0.6) is 0 Å². The van der Waals surface area contributed by atoms with Crippen molar-refractivity contribution in [1.29, 1.82) is 0 Å². The van der Waals surface area contributed by atoms with Crippen molar-refractivity contribution in [3.8, 4) is 0 Å². The molecule has 1 heterocycles. The summed E-state index contributed by atoms with van der Waals surface area (Å²) in [4.78, 5) is 4.29. The predicted molar refractivity (Wildman–Crippen MR) is 69.0 cm³/mol. The molecule has 96 valence electrons. The van der Waals surface area contributed by atoms with E-state index in [1.807, 2.05) is 4.68 Å². The fraction of sp³-hybridized carbons (Fsp3) is 0.833. The van der Waals surface area contributed by atoms with Crippen LogP contribution in [0.15, 0.2) is 6.33 Å². The summed E-state index contributed by atoms with van der Waals surface area (Å²) in [5.74, 6) is 1.02. The average Bonchev–Trinajstić information content (AvgIpc) is 2.76. The quantitative estimate of drug-likeness (QED) is 0.823. The van der Waals surface area contributed by atoms with Crippen LogP contribution in [-0.2, 0) is 13.1 Å². The Morgan fingerprint density at radius 2 is 2.29 bits per heavy atom. The minimum atomic E-state index is 0.270. The van der Waals surface area contributed by atoms with Crippen LogP contribution >= 0.6 is 11.6 Å². The highest BCUT2D eigenvalue weighted by Gasteiger charge is 2.22. The smallest absolute Gasteiger partial charge is 0.140 e. The molecule has 0 aromatic carbocycles. The van der Waals surface area contributed by atoms with E-state index in [0.29, 0.717) is 6.04 Å². The van der Waals surface area contributed by atoms with E-state index in [-0.39, 0.29) is 5.38 Å². The highest BCUT2D eigenvalue weighted by atomic mass is 35.5. The molecule has 0 aliphatic heterocycles. The molecule has 1 aliphatic carbocycles. The zero-order chi connectivity index (χ0) is 12.1. The molecule has 1 aromatic rings. The van der Waals surface area contributed by atoms with E-state index in [0.717, 1.165) is 31.8 Å². The summed E-state index contributed by atoms with van der Waals surface area (Å²) in [6.07, 6.45) is 7.56. The highest BCUT2D eigenvalue weighted by Crippen LogP contribution is 2.23. The average molecular weight is 257 g/mol. The molecule has 0 radical (unpaired) electrons. The number of hydrogen-bond donors (Lipinski definition) is 1. The van der Waals surface area contributed by atoms with Gasteiger partial charge in [-0.1, -0.05) is 19.8 Å². The molecule has 1 saturated carbocycles. The predicted octanol–water partition coefficient (Wildman–Crippen LogP) is 2.33. The summed E-state index contributed by atoms with van der Waals surface area (Å²) in [5, 5.41) is 8.01. The monoisotopic (exact) mass is 256 g/mol. The van der Waals surface area contributed by atoms with Gasteiger partial charge in [0, 0.05) is 18.0 Å². The number of aryl methyl sites for hydroxylation is 1. The van der Waals surface area contributed by atoms with Gasteiger partial charge in [-0.15, -0.1) is 11.6 Å². The zero-order valence-electron chi connectivity index (χ0n) is 10.4. The number of halogens is 1. The molecule has 5 heteroatoms.